The van der Waals surface area contributed by atoms with Crippen molar-refractivity contribution in [3.63, 3.8) is 0 Å². The Morgan fingerprint density at radius 2 is 1.40 bits per heavy atom. The number of Topliss-reactive ketones (excluding diaryl/α,β-unsaturated/α-hetero) is 1. The van der Waals surface area contributed by atoms with Crippen LogP contribution in [0.4, 0.5) is 0 Å². The van der Waals surface area contributed by atoms with E-state index in [1.807, 2.05) is 13.8 Å². The lowest BCUT2D eigenvalue weighted by Crippen LogP contribution is -2.17. The molecule has 0 aliphatic rings. The zero-order valence-corrected chi connectivity index (χ0v) is 15.0. The lowest BCUT2D eigenvalue weighted by molar-refractivity contribution is -0.142. The second-order valence-corrected chi connectivity index (χ2v) is 7.94. The van der Waals surface area contributed by atoms with Crippen molar-refractivity contribution in [2.45, 2.75) is 25.2 Å². The minimum atomic E-state index is -3.55. The predicted octanol–water partition coefficient (Wildman–Crippen LogP) is 2.89. The first-order chi connectivity index (χ1) is 11.8. The Labute approximate surface area is 147 Å². The molecular formula is C19H20O5S. The summed E-state index contributed by atoms with van der Waals surface area (Å²) in [6.45, 7) is 3.37. The van der Waals surface area contributed by atoms with Gasteiger partial charge in [-0.3, -0.25) is 9.59 Å². The summed E-state index contributed by atoms with van der Waals surface area (Å²) in [6.07, 6.45) is -0.294. The molecule has 6 heteroatoms. The molecule has 0 spiro atoms. The number of ketones is 1. The van der Waals surface area contributed by atoms with Crippen LogP contribution in [-0.2, 0) is 19.4 Å². The Hall–Kier alpha value is -2.47. The first-order valence-corrected chi connectivity index (χ1v) is 9.48. The van der Waals surface area contributed by atoms with E-state index < -0.39 is 22.4 Å². The molecular weight excluding hydrogens is 340 g/mol. The van der Waals surface area contributed by atoms with E-state index in [2.05, 4.69) is 0 Å². The number of benzene rings is 2. The molecule has 0 unspecified atom stereocenters. The molecule has 0 fully saturated rings. The van der Waals surface area contributed by atoms with E-state index in [-0.39, 0.29) is 22.9 Å². The van der Waals surface area contributed by atoms with E-state index in [0.717, 1.165) is 11.1 Å². The molecule has 132 valence electrons. The molecule has 5 nitrogen and oxygen atoms in total. The number of carbonyl (C=O) groups excluding carboxylic acids is 2. The van der Waals surface area contributed by atoms with Crippen molar-refractivity contribution >= 4 is 21.6 Å². The highest BCUT2D eigenvalue weighted by molar-refractivity contribution is 7.91. The molecule has 0 aliphatic carbocycles. The van der Waals surface area contributed by atoms with Gasteiger partial charge in [0.1, 0.15) is 0 Å². The summed E-state index contributed by atoms with van der Waals surface area (Å²) in [5.41, 5.74) is 2.42. The van der Waals surface area contributed by atoms with Gasteiger partial charge in [-0.1, -0.05) is 47.5 Å². The highest BCUT2D eigenvalue weighted by Crippen LogP contribution is 2.13. The van der Waals surface area contributed by atoms with E-state index in [1.54, 1.807) is 36.4 Å². The van der Waals surface area contributed by atoms with E-state index in [9.17, 15) is 18.0 Å². The SMILES string of the molecule is Cc1ccc(C(=O)COC(=O)CCS(=O)(=O)c2ccc(C)cc2)cc1. The monoisotopic (exact) mass is 360 g/mol. The van der Waals surface area contributed by atoms with Gasteiger partial charge in [-0.15, -0.1) is 0 Å². The van der Waals surface area contributed by atoms with Crippen molar-refractivity contribution in [3.05, 3.63) is 65.2 Å². The summed E-state index contributed by atoms with van der Waals surface area (Å²) >= 11 is 0. The Balaban J connectivity index is 1.85. The predicted molar refractivity (Wildman–Crippen MR) is 94.3 cm³/mol. The molecule has 2 rings (SSSR count). The summed E-state index contributed by atoms with van der Waals surface area (Å²) in [5, 5.41) is 0. The van der Waals surface area contributed by atoms with Gasteiger partial charge in [-0.2, -0.15) is 0 Å². The minimum absolute atomic E-state index is 0.168. The maximum Gasteiger partial charge on any atom is 0.307 e. The molecule has 0 saturated carbocycles. The second kappa shape index (κ2) is 8.07. The van der Waals surface area contributed by atoms with Gasteiger partial charge < -0.3 is 4.74 Å². The maximum atomic E-state index is 12.2. The van der Waals surface area contributed by atoms with Crippen LogP contribution in [0.25, 0.3) is 0 Å². The number of carbonyl (C=O) groups is 2. The molecule has 0 amide bonds. The van der Waals surface area contributed by atoms with Crippen molar-refractivity contribution in [2.75, 3.05) is 12.4 Å². The summed E-state index contributed by atoms with van der Waals surface area (Å²) in [5.74, 6) is -1.39. The minimum Gasteiger partial charge on any atom is -0.457 e. The molecule has 0 N–H and O–H groups in total. The molecule has 25 heavy (non-hydrogen) atoms. The van der Waals surface area contributed by atoms with E-state index >= 15 is 0 Å². The molecule has 0 atom stereocenters. The van der Waals surface area contributed by atoms with Crippen molar-refractivity contribution in [2.24, 2.45) is 0 Å². The van der Waals surface area contributed by atoms with Gasteiger partial charge in [0, 0.05) is 5.56 Å². The van der Waals surface area contributed by atoms with Crippen LogP contribution < -0.4 is 0 Å². The normalized spacial score (nSPS) is 11.1. The molecule has 0 bridgehead atoms. The zero-order chi connectivity index (χ0) is 18.4. The molecule has 0 aliphatic heterocycles. The summed E-state index contributed by atoms with van der Waals surface area (Å²) in [4.78, 5) is 23.8. The van der Waals surface area contributed by atoms with Crippen LogP contribution in [0.5, 0.6) is 0 Å². The molecule has 0 saturated heterocycles. The van der Waals surface area contributed by atoms with Gasteiger partial charge in [0.15, 0.2) is 22.2 Å². The molecule has 2 aromatic carbocycles. The van der Waals surface area contributed by atoms with Crippen molar-refractivity contribution in [1.29, 1.82) is 0 Å². The van der Waals surface area contributed by atoms with Gasteiger partial charge >= 0.3 is 5.97 Å². The fourth-order valence-corrected chi connectivity index (χ4v) is 3.34. The van der Waals surface area contributed by atoms with E-state index in [0.29, 0.717) is 5.56 Å². The highest BCUT2D eigenvalue weighted by atomic mass is 32.2. The third-order valence-electron chi connectivity index (χ3n) is 3.69. The van der Waals surface area contributed by atoms with Gasteiger partial charge in [0.2, 0.25) is 0 Å². The average molecular weight is 360 g/mol. The Kier molecular flexibility index (Phi) is 6.09. The van der Waals surface area contributed by atoms with Crippen LogP contribution in [-0.4, -0.2) is 32.5 Å². The third kappa shape index (κ3) is 5.53. The van der Waals surface area contributed by atoms with Gasteiger partial charge in [0.05, 0.1) is 17.1 Å². The molecule has 0 aromatic heterocycles. The topological polar surface area (TPSA) is 77.5 Å². The van der Waals surface area contributed by atoms with Gasteiger partial charge in [-0.05, 0) is 26.0 Å². The van der Waals surface area contributed by atoms with Crippen LogP contribution in [0.15, 0.2) is 53.4 Å². The number of rotatable bonds is 7. The molecule has 2 aromatic rings. The summed E-state index contributed by atoms with van der Waals surface area (Å²) in [7, 11) is -3.55. The standard InChI is InChI=1S/C19H20O5S/c1-14-3-7-16(8-4-14)18(20)13-24-19(21)11-12-25(22,23)17-9-5-15(2)6-10-17/h3-10H,11-13H2,1-2H3. The van der Waals surface area contributed by atoms with Gasteiger partial charge in [0.25, 0.3) is 0 Å². The van der Waals surface area contributed by atoms with Crippen LogP contribution in [0.3, 0.4) is 0 Å². The summed E-state index contributed by atoms with van der Waals surface area (Å²) in [6, 6.07) is 13.3. The number of ether oxygens (including phenoxy) is 1. The largest absolute Gasteiger partial charge is 0.457 e. The van der Waals surface area contributed by atoms with E-state index in [4.69, 9.17) is 4.74 Å². The zero-order valence-electron chi connectivity index (χ0n) is 14.2. The van der Waals surface area contributed by atoms with Gasteiger partial charge in [-0.25, -0.2) is 8.42 Å². The number of hydrogen-bond donors (Lipinski definition) is 0. The number of esters is 1. The van der Waals surface area contributed by atoms with Crippen molar-refractivity contribution < 1.29 is 22.7 Å². The lowest BCUT2D eigenvalue weighted by atomic mass is 10.1. The summed E-state index contributed by atoms with van der Waals surface area (Å²) < 4.78 is 29.2. The van der Waals surface area contributed by atoms with Crippen LogP contribution in [0, 0.1) is 13.8 Å². The maximum absolute atomic E-state index is 12.2. The number of sulfone groups is 1. The number of hydrogen-bond acceptors (Lipinski definition) is 5. The fraction of sp³-hybridized carbons (Fsp3) is 0.263. The number of aryl methyl sites for hydroxylation is 2. The van der Waals surface area contributed by atoms with Crippen molar-refractivity contribution in [3.8, 4) is 0 Å². The Bertz CT molecular complexity index is 850. The first-order valence-electron chi connectivity index (χ1n) is 7.83. The highest BCUT2D eigenvalue weighted by Gasteiger charge is 2.18. The lowest BCUT2D eigenvalue weighted by Gasteiger charge is -2.06. The fourth-order valence-electron chi connectivity index (χ4n) is 2.12. The smallest absolute Gasteiger partial charge is 0.307 e. The van der Waals surface area contributed by atoms with Crippen LogP contribution in [0.2, 0.25) is 0 Å². The van der Waals surface area contributed by atoms with Crippen LogP contribution in [0.1, 0.15) is 27.9 Å². The first kappa shape index (κ1) is 18.9. The molecule has 0 radical (unpaired) electrons. The molecule has 0 heterocycles. The Morgan fingerprint density at radius 3 is 1.96 bits per heavy atom. The van der Waals surface area contributed by atoms with Crippen molar-refractivity contribution in [1.82, 2.24) is 0 Å². The Morgan fingerprint density at radius 1 is 0.880 bits per heavy atom. The average Bonchev–Trinajstić information content (AvgIpc) is 2.59. The van der Waals surface area contributed by atoms with E-state index in [1.165, 1.54) is 12.1 Å². The third-order valence-corrected chi connectivity index (χ3v) is 5.42. The second-order valence-electron chi connectivity index (χ2n) is 5.83. The quantitative estimate of drug-likeness (QED) is 0.560. The van der Waals surface area contributed by atoms with Crippen LogP contribution >= 0.6 is 0 Å².